The number of halogens is 4. The van der Waals surface area contributed by atoms with E-state index in [2.05, 4.69) is 95.4 Å². The van der Waals surface area contributed by atoms with Gasteiger partial charge in [-0.05, 0) is 133 Å². The molecule has 3 aromatic rings. The van der Waals surface area contributed by atoms with Crippen LogP contribution >= 0.6 is 65.4 Å². The van der Waals surface area contributed by atoms with E-state index in [1.807, 2.05) is 32.0 Å². The molecule has 0 aliphatic carbocycles. The molecule has 0 saturated carbocycles. The first-order valence-corrected chi connectivity index (χ1v) is 14.4. The van der Waals surface area contributed by atoms with Crippen molar-refractivity contribution in [3.63, 3.8) is 0 Å². The molecule has 3 nitrogen and oxygen atoms in total. The van der Waals surface area contributed by atoms with E-state index in [9.17, 15) is 0 Å². The predicted octanol–water partition coefficient (Wildman–Crippen LogP) is 8.57. The van der Waals surface area contributed by atoms with Gasteiger partial charge in [0.2, 0.25) is 0 Å². The molecule has 0 N–H and O–H groups in total. The Morgan fingerprint density at radius 2 is 1.16 bits per heavy atom. The second-order valence-corrected chi connectivity index (χ2v) is 11.0. The number of nitrogens with zero attached hydrogens (tertiary/aromatic N) is 3. The Morgan fingerprint density at radius 1 is 0.774 bits per heavy atom. The van der Waals surface area contributed by atoms with Gasteiger partial charge in [0, 0.05) is 7.14 Å². The van der Waals surface area contributed by atoms with Crippen molar-refractivity contribution in [2.24, 2.45) is 9.98 Å². The van der Waals surface area contributed by atoms with E-state index < -0.39 is 0 Å². The summed E-state index contributed by atoms with van der Waals surface area (Å²) in [5.74, 6) is 0. The predicted molar refractivity (Wildman–Crippen MR) is 147 cm³/mol. The molecule has 0 fully saturated rings. The molecule has 1 aromatic heterocycles. The molecule has 0 unspecified atom stereocenters. The Balaban J connectivity index is 0.00000107. The molecule has 0 saturated heterocycles. The summed E-state index contributed by atoms with van der Waals surface area (Å²) >= 11 is 4.83. The minimum absolute atomic E-state index is 0.194. The fourth-order valence-corrected chi connectivity index (χ4v) is 4.10. The summed E-state index contributed by atoms with van der Waals surface area (Å²) < 4.78 is 2.43. The van der Waals surface area contributed by atoms with Gasteiger partial charge in [-0.1, -0.05) is 6.07 Å². The number of rotatable bonds is 4. The zero-order valence-electron chi connectivity index (χ0n) is 17.4. The van der Waals surface area contributed by atoms with Crippen LogP contribution in [0.4, 0.5) is 11.4 Å². The molecule has 0 aliphatic rings. The van der Waals surface area contributed by atoms with Crippen molar-refractivity contribution in [1.29, 1.82) is 0 Å². The summed E-state index contributed by atoms with van der Waals surface area (Å²) in [6, 6.07) is 18.5. The van der Waals surface area contributed by atoms with Crippen LogP contribution in [-0.2, 0) is 13.1 Å². The van der Waals surface area contributed by atoms with Crippen molar-refractivity contribution in [2.45, 2.75) is 27.7 Å². The van der Waals surface area contributed by atoms with E-state index in [4.69, 9.17) is 35.2 Å². The van der Waals surface area contributed by atoms with Crippen LogP contribution in [0.2, 0.25) is 0 Å². The molecule has 0 spiro atoms. The SMILES string of the molecule is CC(=Nc1ccc(I)cc1C)c1cccc(C(C)=Nc2ccc(I)cc2C)n1.[Cl][Fe][Cl]. The fourth-order valence-electron chi connectivity index (χ4n) is 2.80. The van der Waals surface area contributed by atoms with Gasteiger partial charge in [0.05, 0.1) is 34.2 Å². The molecule has 1 heterocycles. The van der Waals surface area contributed by atoms with Crippen molar-refractivity contribution in [3.05, 3.63) is 84.3 Å². The van der Waals surface area contributed by atoms with E-state index in [-0.39, 0.29) is 13.1 Å². The standard InChI is InChI=1S/C23H21I2N3.2ClH.Fe/c1-14-12-18(24)8-10-20(14)26-16(3)22-6-5-7-23(28-22)17(4)27-21-11-9-19(25)13-15(21)2;;;/h5-13H,1-4H3;2*1H;/q;;;+2/p-2. The molecule has 0 bridgehead atoms. The second kappa shape index (κ2) is 13.3. The summed E-state index contributed by atoms with van der Waals surface area (Å²) in [5.41, 5.74) is 7.79. The van der Waals surface area contributed by atoms with Gasteiger partial charge in [-0.3, -0.25) is 9.98 Å². The van der Waals surface area contributed by atoms with Crippen molar-refractivity contribution in [3.8, 4) is 0 Å². The van der Waals surface area contributed by atoms with Gasteiger partial charge in [-0.2, -0.15) is 0 Å². The van der Waals surface area contributed by atoms with Gasteiger partial charge in [0.1, 0.15) is 0 Å². The van der Waals surface area contributed by atoms with Crippen LogP contribution in [0.5, 0.6) is 0 Å². The number of hydrogen-bond acceptors (Lipinski definition) is 3. The van der Waals surface area contributed by atoms with Crippen molar-refractivity contribution >= 4 is 88.2 Å². The quantitative estimate of drug-likeness (QED) is 0.151. The third-order valence-corrected chi connectivity index (χ3v) is 5.73. The van der Waals surface area contributed by atoms with Gasteiger partial charge in [0.25, 0.3) is 0 Å². The molecule has 2 aromatic carbocycles. The number of hydrogen-bond donors (Lipinski definition) is 0. The average Bonchev–Trinajstić information content (AvgIpc) is 2.72. The molecule has 8 heteroatoms. The first kappa shape index (κ1) is 26.7. The van der Waals surface area contributed by atoms with Crippen LogP contribution in [-0.4, -0.2) is 16.4 Å². The van der Waals surface area contributed by atoms with Crippen molar-refractivity contribution < 1.29 is 13.1 Å². The first-order valence-electron chi connectivity index (χ1n) is 9.21. The molecular weight excluding hydrogens is 699 g/mol. The zero-order valence-corrected chi connectivity index (χ0v) is 24.3. The topological polar surface area (TPSA) is 37.6 Å². The van der Waals surface area contributed by atoms with Crippen LogP contribution in [0.3, 0.4) is 0 Å². The fraction of sp³-hybridized carbons (Fsp3) is 0.174. The second-order valence-electron chi connectivity index (χ2n) is 6.71. The number of aliphatic imine (C=N–C) groups is 2. The third-order valence-electron chi connectivity index (χ3n) is 4.38. The van der Waals surface area contributed by atoms with Gasteiger partial charge >= 0.3 is 33.3 Å². The minimum atomic E-state index is 0.194. The van der Waals surface area contributed by atoms with E-state index >= 15 is 0 Å². The van der Waals surface area contributed by atoms with Crippen LogP contribution in [0.25, 0.3) is 0 Å². The van der Waals surface area contributed by atoms with Crippen molar-refractivity contribution in [2.75, 3.05) is 0 Å². The first-order chi connectivity index (χ1) is 14.7. The van der Waals surface area contributed by atoms with Gasteiger partial charge < -0.3 is 0 Å². The Bertz CT molecular complexity index is 1030. The summed E-state index contributed by atoms with van der Waals surface area (Å²) in [4.78, 5) is 14.4. The molecule has 164 valence electrons. The molecule has 3 rings (SSSR count). The van der Waals surface area contributed by atoms with Gasteiger partial charge in [-0.15, -0.1) is 0 Å². The van der Waals surface area contributed by atoms with E-state index in [0.29, 0.717) is 0 Å². The maximum absolute atomic E-state index is 4.79. The number of pyridine rings is 1. The molecule has 31 heavy (non-hydrogen) atoms. The summed E-state index contributed by atoms with van der Waals surface area (Å²) in [6.07, 6.45) is 0. The average molecular weight is 720 g/mol. The van der Waals surface area contributed by atoms with Gasteiger partial charge in [-0.25, -0.2) is 4.98 Å². The Labute approximate surface area is 226 Å². The Kier molecular flexibility index (Phi) is 11.4. The van der Waals surface area contributed by atoms with Crippen LogP contribution in [0, 0.1) is 21.0 Å². The number of benzene rings is 2. The monoisotopic (exact) mass is 719 g/mol. The Morgan fingerprint density at radius 3 is 1.52 bits per heavy atom. The summed E-state index contributed by atoms with van der Waals surface area (Å²) in [6.45, 7) is 8.16. The van der Waals surface area contributed by atoms with Crippen molar-refractivity contribution in [1.82, 2.24) is 4.98 Å². The molecule has 0 radical (unpaired) electrons. The zero-order chi connectivity index (χ0) is 23.0. The van der Waals surface area contributed by atoms with E-state index in [0.717, 1.165) is 45.3 Å². The van der Waals surface area contributed by atoms with Crippen LogP contribution in [0.1, 0.15) is 36.4 Å². The normalized spacial score (nSPS) is 11.9. The molecule has 0 aliphatic heterocycles. The van der Waals surface area contributed by atoms with Crippen LogP contribution in [0.15, 0.2) is 64.6 Å². The summed E-state index contributed by atoms with van der Waals surface area (Å²) in [7, 11) is 9.53. The number of aromatic nitrogens is 1. The van der Waals surface area contributed by atoms with Gasteiger partial charge in [0.15, 0.2) is 0 Å². The van der Waals surface area contributed by atoms with E-state index in [1.165, 1.54) is 7.14 Å². The molecule has 0 atom stereocenters. The summed E-state index contributed by atoms with van der Waals surface area (Å²) in [5, 5.41) is 0. The molecule has 0 amide bonds. The third kappa shape index (κ3) is 8.41. The number of aryl methyl sites for hydroxylation is 2. The maximum atomic E-state index is 4.79. The van der Waals surface area contributed by atoms with E-state index in [1.54, 1.807) is 0 Å². The van der Waals surface area contributed by atoms with Crippen LogP contribution < -0.4 is 0 Å². The Hall–Kier alpha value is -0.511. The molecular formula is C23H21Cl2FeI2N3.